The second kappa shape index (κ2) is 5.24. The Kier molecular flexibility index (Phi) is 3.87. The van der Waals surface area contributed by atoms with Crippen molar-refractivity contribution in [2.75, 3.05) is 5.75 Å². The molecule has 0 radical (unpaired) electrons. The molecule has 96 valence electrons. The molecule has 0 heterocycles. The first kappa shape index (κ1) is 13.3. The van der Waals surface area contributed by atoms with E-state index in [1.54, 1.807) is 0 Å². The van der Waals surface area contributed by atoms with E-state index in [2.05, 4.69) is 38.1 Å². The Labute approximate surface area is 111 Å². The maximum absolute atomic E-state index is 12.2. The monoisotopic (exact) mass is 261 g/mol. The maximum atomic E-state index is 12.2. The molecule has 2 rings (SSSR count). The average molecular weight is 261 g/mol. The number of nitriles is 1. The SMILES string of the molecule is Cc1cc(C)cc(CS(=O)CC2(CC#N)CC2)c1. The predicted molar refractivity (Wildman–Crippen MR) is 74.5 cm³/mol. The van der Waals surface area contributed by atoms with Crippen molar-refractivity contribution in [3.8, 4) is 6.07 Å². The van der Waals surface area contributed by atoms with Gasteiger partial charge in [0.1, 0.15) is 0 Å². The summed E-state index contributed by atoms with van der Waals surface area (Å²) in [5.41, 5.74) is 3.68. The van der Waals surface area contributed by atoms with Gasteiger partial charge in [0.15, 0.2) is 0 Å². The first-order chi connectivity index (χ1) is 8.53. The van der Waals surface area contributed by atoms with Crippen molar-refractivity contribution in [3.05, 3.63) is 34.9 Å². The van der Waals surface area contributed by atoms with Crippen LogP contribution in [0.25, 0.3) is 0 Å². The normalized spacial score (nSPS) is 18.1. The lowest BCUT2D eigenvalue weighted by Gasteiger charge is -2.11. The number of rotatable bonds is 5. The molecular formula is C15H19NOS. The molecule has 1 unspecified atom stereocenters. The van der Waals surface area contributed by atoms with Gasteiger partial charge in [0.2, 0.25) is 0 Å². The second-order valence-electron chi connectivity index (χ2n) is 5.56. The van der Waals surface area contributed by atoms with Crippen LogP contribution in [0, 0.1) is 30.6 Å². The minimum absolute atomic E-state index is 0.0818. The Morgan fingerprint density at radius 1 is 1.28 bits per heavy atom. The third-order valence-electron chi connectivity index (χ3n) is 3.49. The van der Waals surface area contributed by atoms with Gasteiger partial charge in [-0.15, -0.1) is 0 Å². The third kappa shape index (κ3) is 3.43. The van der Waals surface area contributed by atoms with E-state index in [-0.39, 0.29) is 5.41 Å². The van der Waals surface area contributed by atoms with Crippen LogP contribution in [0.2, 0.25) is 0 Å². The summed E-state index contributed by atoms with van der Waals surface area (Å²) in [5.74, 6) is 1.31. The minimum atomic E-state index is -0.847. The van der Waals surface area contributed by atoms with Crippen LogP contribution in [0.15, 0.2) is 18.2 Å². The zero-order valence-electron chi connectivity index (χ0n) is 11.0. The van der Waals surface area contributed by atoms with E-state index in [1.807, 2.05) is 0 Å². The zero-order valence-corrected chi connectivity index (χ0v) is 11.8. The number of hydrogen-bond donors (Lipinski definition) is 0. The Morgan fingerprint density at radius 2 is 1.89 bits per heavy atom. The smallest absolute Gasteiger partial charge is 0.0627 e. The molecule has 1 fully saturated rings. The minimum Gasteiger partial charge on any atom is -0.259 e. The highest BCUT2D eigenvalue weighted by Crippen LogP contribution is 2.49. The van der Waals surface area contributed by atoms with Gasteiger partial charge in [0, 0.05) is 28.7 Å². The Hall–Kier alpha value is -1.14. The van der Waals surface area contributed by atoms with E-state index >= 15 is 0 Å². The van der Waals surface area contributed by atoms with Crippen molar-refractivity contribution >= 4 is 10.8 Å². The van der Waals surface area contributed by atoms with Crippen LogP contribution in [-0.2, 0) is 16.6 Å². The molecule has 3 heteroatoms. The van der Waals surface area contributed by atoms with Crippen LogP contribution in [-0.4, -0.2) is 9.96 Å². The molecule has 1 saturated carbocycles. The molecule has 0 amide bonds. The Bertz CT molecular complexity index is 491. The summed E-state index contributed by atoms with van der Waals surface area (Å²) in [7, 11) is -0.847. The number of benzene rings is 1. The van der Waals surface area contributed by atoms with Crippen molar-refractivity contribution in [3.63, 3.8) is 0 Å². The van der Waals surface area contributed by atoms with Gasteiger partial charge < -0.3 is 0 Å². The van der Waals surface area contributed by atoms with Crippen molar-refractivity contribution < 1.29 is 4.21 Å². The van der Waals surface area contributed by atoms with E-state index in [9.17, 15) is 4.21 Å². The quantitative estimate of drug-likeness (QED) is 0.816. The van der Waals surface area contributed by atoms with Crippen molar-refractivity contribution in [1.29, 1.82) is 5.26 Å². The van der Waals surface area contributed by atoms with Crippen LogP contribution >= 0.6 is 0 Å². The van der Waals surface area contributed by atoms with Crippen LogP contribution in [0.5, 0.6) is 0 Å². The summed E-state index contributed by atoms with van der Waals surface area (Å²) in [6.07, 6.45) is 2.70. The fourth-order valence-electron chi connectivity index (χ4n) is 2.45. The lowest BCUT2D eigenvalue weighted by atomic mass is 10.1. The van der Waals surface area contributed by atoms with Gasteiger partial charge in [-0.25, -0.2) is 0 Å². The van der Waals surface area contributed by atoms with Crippen LogP contribution in [0.1, 0.15) is 36.0 Å². The lowest BCUT2D eigenvalue weighted by Crippen LogP contribution is -2.13. The maximum Gasteiger partial charge on any atom is 0.0627 e. The van der Waals surface area contributed by atoms with Crippen molar-refractivity contribution in [1.82, 2.24) is 0 Å². The highest BCUT2D eigenvalue weighted by Gasteiger charge is 2.43. The van der Waals surface area contributed by atoms with E-state index < -0.39 is 10.8 Å². The molecule has 2 nitrogen and oxygen atoms in total. The molecule has 1 aliphatic carbocycles. The molecule has 1 aliphatic rings. The lowest BCUT2D eigenvalue weighted by molar-refractivity contribution is 0.587. The molecule has 18 heavy (non-hydrogen) atoms. The number of aryl methyl sites for hydroxylation is 2. The standard InChI is InChI=1S/C15H19NOS/c1-12-7-13(2)9-14(8-12)10-18(17)11-15(3-4-15)5-6-16/h7-9H,3-5,10-11H2,1-2H3. The Morgan fingerprint density at radius 3 is 2.39 bits per heavy atom. The largest absolute Gasteiger partial charge is 0.259 e. The molecule has 0 spiro atoms. The van der Waals surface area contributed by atoms with E-state index in [1.165, 1.54) is 11.1 Å². The molecule has 0 aliphatic heterocycles. The molecule has 0 bridgehead atoms. The van der Waals surface area contributed by atoms with Crippen LogP contribution in [0.4, 0.5) is 0 Å². The van der Waals surface area contributed by atoms with Gasteiger partial charge in [0.25, 0.3) is 0 Å². The third-order valence-corrected chi connectivity index (χ3v) is 5.08. The van der Waals surface area contributed by atoms with Gasteiger partial charge in [-0.05, 0) is 37.7 Å². The van der Waals surface area contributed by atoms with Crippen LogP contribution in [0.3, 0.4) is 0 Å². The fourth-order valence-corrected chi connectivity index (χ4v) is 4.16. The number of hydrogen-bond acceptors (Lipinski definition) is 2. The highest BCUT2D eigenvalue weighted by molar-refractivity contribution is 7.84. The molecule has 0 aromatic heterocycles. The number of nitrogens with zero attached hydrogens (tertiary/aromatic N) is 1. The van der Waals surface area contributed by atoms with Crippen LogP contribution < -0.4 is 0 Å². The van der Waals surface area contributed by atoms with Crippen molar-refractivity contribution in [2.45, 2.75) is 38.9 Å². The summed E-state index contributed by atoms with van der Waals surface area (Å²) in [6.45, 7) is 4.13. The fraction of sp³-hybridized carbons (Fsp3) is 0.533. The summed E-state index contributed by atoms with van der Waals surface area (Å²) in [5, 5.41) is 8.77. The molecule has 1 aromatic rings. The molecule has 1 aromatic carbocycles. The Balaban J connectivity index is 1.97. The molecule has 0 saturated heterocycles. The average Bonchev–Trinajstić information content (AvgIpc) is 2.95. The van der Waals surface area contributed by atoms with E-state index in [4.69, 9.17) is 5.26 Å². The first-order valence-electron chi connectivity index (χ1n) is 6.32. The summed E-state index contributed by atoms with van der Waals surface area (Å²) in [4.78, 5) is 0. The summed E-state index contributed by atoms with van der Waals surface area (Å²) >= 11 is 0. The van der Waals surface area contributed by atoms with Gasteiger partial charge in [-0.1, -0.05) is 29.3 Å². The van der Waals surface area contributed by atoms with E-state index in [0.29, 0.717) is 17.9 Å². The predicted octanol–water partition coefficient (Wildman–Crippen LogP) is 3.25. The van der Waals surface area contributed by atoms with E-state index in [0.717, 1.165) is 18.4 Å². The zero-order chi connectivity index (χ0) is 13.2. The topological polar surface area (TPSA) is 40.9 Å². The van der Waals surface area contributed by atoms with Gasteiger partial charge in [0.05, 0.1) is 6.07 Å². The highest BCUT2D eigenvalue weighted by atomic mass is 32.2. The molecular weight excluding hydrogens is 242 g/mol. The van der Waals surface area contributed by atoms with Gasteiger partial charge >= 0.3 is 0 Å². The molecule has 1 atom stereocenters. The first-order valence-corrected chi connectivity index (χ1v) is 7.81. The van der Waals surface area contributed by atoms with Crippen molar-refractivity contribution in [2.24, 2.45) is 5.41 Å². The second-order valence-corrected chi connectivity index (χ2v) is 7.02. The summed E-state index contributed by atoms with van der Waals surface area (Å²) < 4.78 is 12.2. The molecule has 0 N–H and O–H groups in total. The summed E-state index contributed by atoms with van der Waals surface area (Å²) in [6, 6.07) is 8.56. The van der Waals surface area contributed by atoms with Gasteiger partial charge in [-0.2, -0.15) is 5.26 Å². The van der Waals surface area contributed by atoms with Gasteiger partial charge in [-0.3, -0.25) is 4.21 Å².